The van der Waals surface area contributed by atoms with Crippen molar-refractivity contribution in [3.8, 4) is 0 Å². The first kappa shape index (κ1) is 14.2. The number of hydrogen-bond acceptors (Lipinski definition) is 0. The average Bonchev–Trinajstić information content (AvgIpc) is 2.24. The second-order valence-corrected chi connectivity index (χ2v) is 7.89. The minimum Gasteiger partial charge on any atom is -0.0194 e. The molecule has 0 radical (unpaired) electrons. The Kier molecular flexibility index (Phi) is 9.85. The van der Waals surface area contributed by atoms with Crippen LogP contribution in [0.25, 0.3) is 0 Å². The van der Waals surface area contributed by atoms with Gasteiger partial charge in [0.15, 0.2) is 0 Å². The zero-order valence-corrected chi connectivity index (χ0v) is 11.6. The van der Waals surface area contributed by atoms with Gasteiger partial charge < -0.3 is 0 Å². The molecule has 0 unspecified atom stereocenters. The van der Waals surface area contributed by atoms with E-state index in [1.165, 1.54) is 23.0 Å². The molecule has 0 nitrogen and oxygen atoms in total. The Labute approximate surface area is 95.6 Å². The van der Waals surface area contributed by atoms with Gasteiger partial charge >= 0.3 is 0 Å². The zero-order valence-electron chi connectivity index (χ0n) is 9.95. The third kappa shape index (κ3) is 6.61. The molecule has 0 aliphatic carbocycles. The van der Waals surface area contributed by atoms with E-state index >= 15 is 0 Å². The van der Waals surface area contributed by atoms with Crippen LogP contribution in [0.4, 0.5) is 0 Å². The molecular weight excluding hydrogens is 208 g/mol. The second-order valence-electron chi connectivity index (χ2n) is 2.89. The Balaban J connectivity index is 3.89. The Morgan fingerprint density at radius 3 is 1.14 bits per heavy atom. The summed E-state index contributed by atoms with van der Waals surface area (Å²) in [6.45, 7) is 9.07. The smallest absolute Gasteiger partial charge is 0.0194 e. The highest BCUT2D eigenvalue weighted by Crippen LogP contribution is 2.01. The summed E-state index contributed by atoms with van der Waals surface area (Å²) in [5.74, 6) is 5.14. The van der Waals surface area contributed by atoms with Gasteiger partial charge in [-0.15, -0.1) is 0 Å². The molecule has 0 atom stereocenters. The highest BCUT2D eigenvalue weighted by Gasteiger charge is 2.07. The minimum atomic E-state index is 0.514. The van der Waals surface area contributed by atoms with Crippen molar-refractivity contribution in [1.29, 1.82) is 0 Å². The van der Waals surface area contributed by atoms with Gasteiger partial charge in [-0.2, -0.15) is 0 Å². The molecule has 0 saturated heterocycles. The highest BCUT2D eigenvalue weighted by molar-refractivity contribution is 7.99. The molecular formula is C12H24S2+2. The molecule has 2 heteroatoms. The Hall–Kier alpha value is 0.180. The van der Waals surface area contributed by atoms with E-state index in [1.807, 2.05) is 0 Å². The van der Waals surface area contributed by atoms with Gasteiger partial charge in [0.1, 0.15) is 33.8 Å². The normalized spacial score (nSPS) is 12.7. The van der Waals surface area contributed by atoms with E-state index in [1.54, 1.807) is 0 Å². The SMILES string of the molecule is CC[S+](/C=C/C=C/[S+](CC)CC)CC. The molecule has 0 aliphatic heterocycles. The molecule has 0 amide bonds. The van der Waals surface area contributed by atoms with Gasteiger partial charge in [0.2, 0.25) is 0 Å². The molecule has 0 bridgehead atoms. The van der Waals surface area contributed by atoms with Crippen molar-refractivity contribution in [1.82, 2.24) is 0 Å². The predicted octanol–water partition coefficient (Wildman–Crippen LogP) is 3.33. The molecule has 0 spiro atoms. The lowest BCUT2D eigenvalue weighted by Gasteiger charge is -1.94. The van der Waals surface area contributed by atoms with E-state index in [0.717, 1.165) is 0 Å². The van der Waals surface area contributed by atoms with E-state index in [9.17, 15) is 0 Å². The van der Waals surface area contributed by atoms with Crippen LogP contribution >= 0.6 is 0 Å². The summed E-state index contributed by atoms with van der Waals surface area (Å²) in [6, 6.07) is 0. The summed E-state index contributed by atoms with van der Waals surface area (Å²) < 4.78 is 0. The molecule has 0 aromatic carbocycles. The standard InChI is InChI=1S/C12H24S2/c1-5-13(6-2)11-9-10-12-14(7-3)8-4/h9-12H,5-8H2,1-4H3/q+2/b11-9+,12-10+. The van der Waals surface area contributed by atoms with E-state index in [-0.39, 0.29) is 0 Å². The third-order valence-electron chi connectivity index (χ3n) is 2.14. The van der Waals surface area contributed by atoms with Gasteiger partial charge in [-0.05, 0) is 39.8 Å². The van der Waals surface area contributed by atoms with Gasteiger partial charge in [-0.1, -0.05) is 0 Å². The maximum Gasteiger partial charge on any atom is 0.119 e. The van der Waals surface area contributed by atoms with Crippen LogP contribution in [0.3, 0.4) is 0 Å². The summed E-state index contributed by atoms with van der Waals surface area (Å²) in [5, 5.41) is 4.73. The van der Waals surface area contributed by atoms with Gasteiger partial charge in [0.25, 0.3) is 0 Å². The first-order valence-electron chi connectivity index (χ1n) is 5.45. The summed E-state index contributed by atoms with van der Waals surface area (Å²) in [4.78, 5) is 0. The predicted molar refractivity (Wildman–Crippen MR) is 75.2 cm³/mol. The zero-order chi connectivity index (χ0) is 10.8. The maximum absolute atomic E-state index is 2.36. The molecule has 0 aromatic rings. The van der Waals surface area contributed by atoms with Crippen LogP contribution in [-0.4, -0.2) is 23.0 Å². The fraction of sp³-hybridized carbons (Fsp3) is 0.667. The second kappa shape index (κ2) is 9.72. The molecule has 0 fully saturated rings. The molecule has 0 saturated carbocycles. The van der Waals surface area contributed by atoms with Gasteiger partial charge in [-0.3, -0.25) is 0 Å². The Morgan fingerprint density at radius 2 is 0.929 bits per heavy atom. The van der Waals surface area contributed by atoms with Crippen molar-refractivity contribution in [2.24, 2.45) is 0 Å². The van der Waals surface area contributed by atoms with Crippen molar-refractivity contribution in [2.75, 3.05) is 23.0 Å². The van der Waals surface area contributed by atoms with Gasteiger partial charge in [0, 0.05) is 21.8 Å². The van der Waals surface area contributed by atoms with E-state index in [0.29, 0.717) is 21.8 Å². The van der Waals surface area contributed by atoms with Crippen molar-refractivity contribution in [2.45, 2.75) is 27.7 Å². The summed E-state index contributed by atoms with van der Waals surface area (Å²) in [5.41, 5.74) is 0. The molecule has 0 N–H and O–H groups in total. The van der Waals surface area contributed by atoms with Crippen LogP contribution in [0.5, 0.6) is 0 Å². The number of rotatable bonds is 7. The van der Waals surface area contributed by atoms with Crippen LogP contribution in [0.1, 0.15) is 27.7 Å². The monoisotopic (exact) mass is 232 g/mol. The largest absolute Gasteiger partial charge is 0.119 e. The Bertz CT molecular complexity index is 145. The van der Waals surface area contributed by atoms with Gasteiger partial charge in [-0.25, -0.2) is 0 Å². The first-order chi connectivity index (χ1) is 6.78. The molecule has 14 heavy (non-hydrogen) atoms. The van der Waals surface area contributed by atoms with E-state index < -0.39 is 0 Å². The van der Waals surface area contributed by atoms with Crippen LogP contribution in [-0.2, 0) is 21.8 Å². The van der Waals surface area contributed by atoms with Crippen LogP contribution in [0.2, 0.25) is 0 Å². The molecule has 0 aromatic heterocycles. The third-order valence-corrected chi connectivity index (χ3v) is 6.19. The highest BCUT2D eigenvalue weighted by atomic mass is 32.2. The molecule has 0 rings (SSSR count). The number of hydrogen-bond donors (Lipinski definition) is 0. The summed E-state index contributed by atoms with van der Waals surface area (Å²) in [7, 11) is 1.03. The topological polar surface area (TPSA) is 0 Å². The fourth-order valence-corrected chi connectivity index (χ4v) is 3.32. The van der Waals surface area contributed by atoms with Crippen molar-refractivity contribution in [3.05, 3.63) is 23.0 Å². The Morgan fingerprint density at radius 1 is 0.643 bits per heavy atom. The quantitative estimate of drug-likeness (QED) is 0.466. The molecule has 0 heterocycles. The summed E-state index contributed by atoms with van der Waals surface area (Å²) >= 11 is 0. The minimum absolute atomic E-state index is 0.514. The van der Waals surface area contributed by atoms with Gasteiger partial charge in [0.05, 0.1) is 0 Å². The lowest BCUT2D eigenvalue weighted by molar-refractivity contribution is 1.44. The molecule has 0 aliphatic rings. The lowest BCUT2D eigenvalue weighted by Crippen LogP contribution is -2.03. The van der Waals surface area contributed by atoms with E-state index in [2.05, 4.69) is 50.7 Å². The summed E-state index contributed by atoms with van der Waals surface area (Å²) in [6.07, 6.45) is 4.48. The van der Waals surface area contributed by atoms with Crippen LogP contribution in [0, 0.1) is 0 Å². The average molecular weight is 232 g/mol. The van der Waals surface area contributed by atoms with Crippen molar-refractivity contribution >= 4 is 21.8 Å². The van der Waals surface area contributed by atoms with Crippen LogP contribution in [0.15, 0.2) is 23.0 Å². The maximum atomic E-state index is 2.36. The fourth-order valence-electron chi connectivity index (χ4n) is 1.11. The molecule has 82 valence electrons. The number of allylic oxidation sites excluding steroid dienone is 2. The van der Waals surface area contributed by atoms with Crippen LogP contribution < -0.4 is 0 Å². The van der Waals surface area contributed by atoms with Crippen molar-refractivity contribution in [3.63, 3.8) is 0 Å². The lowest BCUT2D eigenvalue weighted by atomic mass is 10.6. The first-order valence-corrected chi connectivity index (χ1v) is 8.71. The van der Waals surface area contributed by atoms with Crippen molar-refractivity contribution < 1.29 is 0 Å². The van der Waals surface area contributed by atoms with E-state index in [4.69, 9.17) is 0 Å².